The number of aromatic nitrogens is 1. The number of hydrogen-bond donors (Lipinski definition) is 0. The van der Waals surface area contributed by atoms with Crippen molar-refractivity contribution in [2.24, 2.45) is 0 Å². The van der Waals surface area contributed by atoms with Gasteiger partial charge in [0.1, 0.15) is 5.82 Å². The first kappa shape index (κ1) is 13.0. The largest absolute Gasteiger partial charge is 0.339 e. The molecule has 0 bridgehead atoms. The normalized spacial score (nSPS) is 15.5. The van der Waals surface area contributed by atoms with E-state index in [0.29, 0.717) is 0 Å². The minimum absolute atomic E-state index is 0.146. The lowest BCUT2D eigenvalue weighted by Gasteiger charge is -2.24. The van der Waals surface area contributed by atoms with Gasteiger partial charge in [0.25, 0.3) is 0 Å². The maximum Gasteiger partial charge on any atom is 0.123 e. The van der Waals surface area contributed by atoms with Crippen molar-refractivity contribution in [3.63, 3.8) is 0 Å². The molecule has 0 N–H and O–H groups in total. The maximum atomic E-state index is 13.7. The van der Waals surface area contributed by atoms with E-state index in [1.807, 2.05) is 6.07 Å². The van der Waals surface area contributed by atoms with Gasteiger partial charge in [0.05, 0.1) is 6.54 Å². The molecule has 4 heteroatoms. The third kappa shape index (κ3) is 2.19. The molecule has 0 saturated heterocycles. The van der Waals surface area contributed by atoms with Gasteiger partial charge in [0, 0.05) is 41.0 Å². The molecule has 1 aromatic carbocycles. The second-order valence-corrected chi connectivity index (χ2v) is 6.77. The Morgan fingerprint density at radius 1 is 1.29 bits per heavy atom. The fourth-order valence-corrected chi connectivity index (χ4v) is 3.99. The molecule has 0 unspecified atom stereocenters. The van der Waals surface area contributed by atoms with Gasteiger partial charge in [0.2, 0.25) is 0 Å². The molecule has 3 heterocycles. The van der Waals surface area contributed by atoms with Crippen molar-refractivity contribution in [1.29, 1.82) is 0 Å². The fourth-order valence-electron chi connectivity index (χ4n) is 3.30. The average Bonchev–Trinajstić information content (AvgIpc) is 3.07. The van der Waals surface area contributed by atoms with Gasteiger partial charge in [-0.25, -0.2) is 4.39 Å². The Morgan fingerprint density at radius 3 is 3.00 bits per heavy atom. The van der Waals surface area contributed by atoms with Crippen LogP contribution in [0.2, 0.25) is 0 Å². The van der Waals surface area contributed by atoms with Crippen molar-refractivity contribution in [2.75, 3.05) is 13.6 Å². The molecular weight excluding hydrogens is 283 g/mol. The molecule has 108 valence electrons. The highest BCUT2D eigenvalue weighted by Crippen LogP contribution is 2.32. The van der Waals surface area contributed by atoms with Crippen LogP contribution in [-0.4, -0.2) is 23.1 Å². The van der Waals surface area contributed by atoms with Crippen LogP contribution in [0.5, 0.6) is 0 Å². The van der Waals surface area contributed by atoms with Gasteiger partial charge in [-0.2, -0.15) is 0 Å². The van der Waals surface area contributed by atoms with E-state index in [-0.39, 0.29) is 5.82 Å². The first-order valence-electron chi connectivity index (χ1n) is 7.23. The molecule has 0 spiro atoms. The first-order valence-corrected chi connectivity index (χ1v) is 8.11. The highest BCUT2D eigenvalue weighted by Gasteiger charge is 2.22. The van der Waals surface area contributed by atoms with Crippen molar-refractivity contribution >= 4 is 22.2 Å². The van der Waals surface area contributed by atoms with Gasteiger partial charge in [-0.15, -0.1) is 11.3 Å². The number of halogens is 1. The van der Waals surface area contributed by atoms with Gasteiger partial charge in [-0.05, 0) is 42.3 Å². The standard InChI is InChI=1S/C17H17FN2S/c1-19-7-6-17-15(11-19)14-9-12(18)4-5-16(14)20(17)10-13-3-2-8-21-13/h2-5,8-9H,6-7,10-11H2,1H3. The van der Waals surface area contributed by atoms with Crippen LogP contribution in [0.15, 0.2) is 35.7 Å². The number of benzene rings is 1. The zero-order valence-corrected chi connectivity index (χ0v) is 12.8. The molecule has 1 aliphatic heterocycles. The molecule has 2 nitrogen and oxygen atoms in total. The van der Waals surface area contributed by atoms with Gasteiger partial charge in [-0.1, -0.05) is 6.07 Å². The summed E-state index contributed by atoms with van der Waals surface area (Å²) in [6.07, 6.45) is 1.04. The van der Waals surface area contributed by atoms with Crippen molar-refractivity contribution in [1.82, 2.24) is 9.47 Å². The molecule has 0 aliphatic carbocycles. The Kier molecular flexibility index (Phi) is 3.08. The van der Waals surface area contributed by atoms with E-state index in [2.05, 4.69) is 34.0 Å². The van der Waals surface area contributed by atoms with Crippen LogP contribution in [0.25, 0.3) is 10.9 Å². The summed E-state index contributed by atoms with van der Waals surface area (Å²) in [5, 5.41) is 3.19. The number of thiophene rings is 1. The number of fused-ring (bicyclic) bond motifs is 3. The smallest absolute Gasteiger partial charge is 0.123 e. The maximum absolute atomic E-state index is 13.7. The summed E-state index contributed by atoms with van der Waals surface area (Å²) in [7, 11) is 2.13. The van der Waals surface area contributed by atoms with Crippen molar-refractivity contribution in [3.05, 3.63) is 57.7 Å². The topological polar surface area (TPSA) is 8.17 Å². The van der Waals surface area contributed by atoms with E-state index in [0.717, 1.165) is 37.0 Å². The zero-order chi connectivity index (χ0) is 14.4. The predicted molar refractivity (Wildman–Crippen MR) is 85.4 cm³/mol. The second kappa shape index (κ2) is 4.97. The van der Waals surface area contributed by atoms with Crippen LogP contribution in [-0.2, 0) is 19.5 Å². The Bertz CT molecular complexity index is 789. The number of likely N-dealkylation sites (N-methyl/N-ethyl adjacent to an activating group) is 1. The van der Waals surface area contributed by atoms with E-state index < -0.39 is 0 Å². The third-order valence-corrected chi connectivity index (χ3v) is 5.16. The highest BCUT2D eigenvalue weighted by atomic mass is 32.1. The van der Waals surface area contributed by atoms with Crippen LogP contribution in [0.4, 0.5) is 4.39 Å². The van der Waals surface area contributed by atoms with E-state index in [1.54, 1.807) is 23.5 Å². The fraction of sp³-hybridized carbons (Fsp3) is 0.294. The lowest BCUT2D eigenvalue weighted by Crippen LogP contribution is -2.27. The van der Waals surface area contributed by atoms with Gasteiger partial charge < -0.3 is 9.47 Å². The summed E-state index contributed by atoms with van der Waals surface area (Å²) < 4.78 is 16.0. The van der Waals surface area contributed by atoms with Gasteiger partial charge >= 0.3 is 0 Å². The van der Waals surface area contributed by atoms with Crippen LogP contribution in [0.3, 0.4) is 0 Å². The third-order valence-electron chi connectivity index (χ3n) is 4.30. The molecule has 4 rings (SSSR count). The Hall–Kier alpha value is -1.65. The SMILES string of the molecule is CN1CCc2c(c3cc(F)ccc3n2Cc2cccs2)C1. The Labute approximate surface area is 127 Å². The molecule has 0 fully saturated rings. The zero-order valence-electron chi connectivity index (χ0n) is 12.0. The predicted octanol–water partition coefficient (Wildman–Crippen LogP) is 3.88. The van der Waals surface area contributed by atoms with E-state index in [9.17, 15) is 4.39 Å². The lowest BCUT2D eigenvalue weighted by atomic mass is 10.1. The minimum atomic E-state index is -0.146. The number of hydrogen-bond acceptors (Lipinski definition) is 2. The highest BCUT2D eigenvalue weighted by molar-refractivity contribution is 7.09. The van der Waals surface area contributed by atoms with E-state index in [1.165, 1.54) is 16.1 Å². The minimum Gasteiger partial charge on any atom is -0.339 e. The monoisotopic (exact) mass is 300 g/mol. The second-order valence-electron chi connectivity index (χ2n) is 5.74. The summed E-state index contributed by atoms with van der Waals surface area (Å²) in [5.41, 5.74) is 3.84. The Balaban J connectivity index is 1.92. The summed E-state index contributed by atoms with van der Waals surface area (Å²) in [5.74, 6) is -0.146. The van der Waals surface area contributed by atoms with Crippen LogP contribution < -0.4 is 0 Å². The molecule has 0 amide bonds. The number of nitrogens with zero attached hydrogens (tertiary/aromatic N) is 2. The van der Waals surface area contributed by atoms with Crippen molar-refractivity contribution in [3.8, 4) is 0 Å². The molecule has 0 atom stereocenters. The van der Waals surface area contributed by atoms with E-state index >= 15 is 0 Å². The van der Waals surface area contributed by atoms with Gasteiger partial charge in [-0.3, -0.25) is 0 Å². The molecule has 1 aliphatic rings. The first-order chi connectivity index (χ1) is 10.2. The Morgan fingerprint density at radius 2 is 2.19 bits per heavy atom. The van der Waals surface area contributed by atoms with Crippen LogP contribution >= 0.6 is 11.3 Å². The average molecular weight is 300 g/mol. The van der Waals surface area contributed by atoms with E-state index in [4.69, 9.17) is 0 Å². The molecule has 2 aromatic heterocycles. The molecule has 21 heavy (non-hydrogen) atoms. The van der Waals surface area contributed by atoms with Crippen LogP contribution in [0, 0.1) is 5.82 Å². The summed E-state index contributed by atoms with van der Waals surface area (Å²) in [4.78, 5) is 3.65. The molecule has 0 radical (unpaired) electrons. The van der Waals surface area contributed by atoms with Crippen LogP contribution in [0.1, 0.15) is 16.1 Å². The van der Waals surface area contributed by atoms with Crippen molar-refractivity contribution < 1.29 is 4.39 Å². The molecule has 0 saturated carbocycles. The van der Waals surface area contributed by atoms with Crippen molar-refractivity contribution in [2.45, 2.75) is 19.5 Å². The lowest BCUT2D eigenvalue weighted by molar-refractivity contribution is 0.310. The molecular formula is C17H17FN2S. The summed E-state index contributed by atoms with van der Waals surface area (Å²) >= 11 is 1.78. The summed E-state index contributed by atoms with van der Waals surface area (Å²) in [6, 6.07) is 9.45. The summed E-state index contributed by atoms with van der Waals surface area (Å²) in [6.45, 7) is 2.86. The quantitative estimate of drug-likeness (QED) is 0.697. The number of rotatable bonds is 2. The van der Waals surface area contributed by atoms with Gasteiger partial charge in [0.15, 0.2) is 0 Å². The molecule has 3 aromatic rings.